The number of hydrogen-bond acceptors (Lipinski definition) is 2. The first-order chi connectivity index (χ1) is 5.66. The standard InChI is InChI=1S/C9H14N2O/c1-6-4-11-7(2)9(6)8(12)5-10-3/h4,10-11H,5H2,1-3H3. The molecule has 0 saturated heterocycles. The van der Waals surface area contributed by atoms with Crippen molar-refractivity contribution in [2.75, 3.05) is 13.6 Å². The molecule has 3 nitrogen and oxygen atoms in total. The van der Waals surface area contributed by atoms with E-state index in [4.69, 9.17) is 0 Å². The Labute approximate surface area is 72.2 Å². The molecule has 0 amide bonds. The van der Waals surface area contributed by atoms with E-state index in [1.807, 2.05) is 20.0 Å². The summed E-state index contributed by atoms with van der Waals surface area (Å²) in [7, 11) is 1.77. The van der Waals surface area contributed by atoms with Gasteiger partial charge in [0.15, 0.2) is 5.78 Å². The van der Waals surface area contributed by atoms with Crippen LogP contribution in [0.25, 0.3) is 0 Å². The summed E-state index contributed by atoms with van der Waals surface area (Å²) in [6, 6.07) is 0. The van der Waals surface area contributed by atoms with Crippen LogP contribution in [0.15, 0.2) is 6.20 Å². The van der Waals surface area contributed by atoms with Crippen LogP contribution in [0, 0.1) is 13.8 Å². The van der Waals surface area contributed by atoms with Crippen LogP contribution in [0.1, 0.15) is 21.6 Å². The van der Waals surface area contributed by atoms with Gasteiger partial charge in [-0.2, -0.15) is 0 Å². The first-order valence-electron chi connectivity index (χ1n) is 3.99. The van der Waals surface area contributed by atoms with E-state index in [-0.39, 0.29) is 5.78 Å². The van der Waals surface area contributed by atoms with Gasteiger partial charge in [-0.3, -0.25) is 4.79 Å². The Kier molecular flexibility index (Phi) is 2.65. The fourth-order valence-corrected chi connectivity index (χ4v) is 1.33. The lowest BCUT2D eigenvalue weighted by molar-refractivity contribution is 0.0992. The van der Waals surface area contributed by atoms with Crippen LogP contribution in [0.2, 0.25) is 0 Å². The summed E-state index contributed by atoms with van der Waals surface area (Å²) >= 11 is 0. The van der Waals surface area contributed by atoms with Crippen molar-refractivity contribution in [2.24, 2.45) is 0 Å². The van der Waals surface area contributed by atoms with E-state index < -0.39 is 0 Å². The number of aryl methyl sites for hydroxylation is 2. The zero-order valence-electron chi connectivity index (χ0n) is 7.69. The molecular weight excluding hydrogens is 152 g/mol. The van der Waals surface area contributed by atoms with Gasteiger partial charge in [-0.15, -0.1) is 0 Å². The molecule has 0 aliphatic carbocycles. The highest BCUT2D eigenvalue weighted by molar-refractivity contribution is 5.99. The Morgan fingerprint density at radius 1 is 1.58 bits per heavy atom. The van der Waals surface area contributed by atoms with Gasteiger partial charge >= 0.3 is 0 Å². The molecule has 0 aromatic carbocycles. The number of likely N-dealkylation sites (N-methyl/N-ethyl adjacent to an activating group) is 1. The summed E-state index contributed by atoms with van der Waals surface area (Å²) < 4.78 is 0. The molecule has 0 aliphatic rings. The van der Waals surface area contributed by atoms with E-state index in [1.54, 1.807) is 7.05 Å². The third-order valence-corrected chi connectivity index (χ3v) is 1.89. The van der Waals surface area contributed by atoms with Crippen molar-refractivity contribution in [1.82, 2.24) is 10.3 Å². The summed E-state index contributed by atoms with van der Waals surface area (Å²) in [6.07, 6.45) is 1.86. The van der Waals surface area contributed by atoms with Gasteiger partial charge in [-0.1, -0.05) is 0 Å². The monoisotopic (exact) mass is 166 g/mol. The summed E-state index contributed by atoms with van der Waals surface area (Å²) in [5.74, 6) is 0.147. The van der Waals surface area contributed by atoms with Crippen molar-refractivity contribution in [3.05, 3.63) is 23.0 Å². The highest BCUT2D eigenvalue weighted by Crippen LogP contribution is 2.11. The van der Waals surface area contributed by atoms with Gasteiger partial charge in [0.05, 0.1) is 6.54 Å². The second-order valence-corrected chi connectivity index (χ2v) is 2.93. The molecule has 12 heavy (non-hydrogen) atoms. The summed E-state index contributed by atoms with van der Waals surface area (Å²) in [5.41, 5.74) is 2.80. The topological polar surface area (TPSA) is 44.9 Å². The lowest BCUT2D eigenvalue weighted by Gasteiger charge is -1.99. The average molecular weight is 166 g/mol. The van der Waals surface area contributed by atoms with Crippen molar-refractivity contribution >= 4 is 5.78 Å². The number of ketones is 1. The minimum Gasteiger partial charge on any atom is -0.364 e. The number of H-pyrrole nitrogens is 1. The van der Waals surface area contributed by atoms with Crippen LogP contribution in [0.5, 0.6) is 0 Å². The van der Waals surface area contributed by atoms with E-state index in [1.165, 1.54) is 0 Å². The normalized spacial score (nSPS) is 10.2. The van der Waals surface area contributed by atoms with Crippen LogP contribution in [0.4, 0.5) is 0 Å². The molecule has 0 atom stereocenters. The number of carbonyl (C=O) groups is 1. The molecule has 0 spiro atoms. The Morgan fingerprint density at radius 3 is 2.67 bits per heavy atom. The van der Waals surface area contributed by atoms with Crippen molar-refractivity contribution in [1.29, 1.82) is 0 Å². The molecule has 2 N–H and O–H groups in total. The van der Waals surface area contributed by atoms with Crippen LogP contribution >= 0.6 is 0 Å². The van der Waals surface area contributed by atoms with E-state index in [0.29, 0.717) is 6.54 Å². The van der Waals surface area contributed by atoms with Gasteiger partial charge in [0.25, 0.3) is 0 Å². The number of carbonyl (C=O) groups excluding carboxylic acids is 1. The van der Waals surface area contributed by atoms with Crippen molar-refractivity contribution < 1.29 is 4.79 Å². The van der Waals surface area contributed by atoms with Gasteiger partial charge in [0.1, 0.15) is 0 Å². The van der Waals surface area contributed by atoms with E-state index in [0.717, 1.165) is 16.8 Å². The van der Waals surface area contributed by atoms with Crippen LogP contribution < -0.4 is 5.32 Å². The molecule has 1 heterocycles. The largest absolute Gasteiger partial charge is 0.364 e. The second kappa shape index (κ2) is 3.54. The molecule has 0 aliphatic heterocycles. The fraction of sp³-hybridized carbons (Fsp3) is 0.444. The first kappa shape index (κ1) is 9.00. The van der Waals surface area contributed by atoms with Gasteiger partial charge < -0.3 is 10.3 Å². The molecule has 0 unspecified atom stereocenters. The maximum atomic E-state index is 11.5. The smallest absolute Gasteiger partial charge is 0.178 e. The van der Waals surface area contributed by atoms with Crippen LogP contribution in [-0.2, 0) is 0 Å². The maximum Gasteiger partial charge on any atom is 0.178 e. The number of hydrogen-bond donors (Lipinski definition) is 2. The summed E-state index contributed by atoms with van der Waals surface area (Å²) in [6.45, 7) is 4.25. The predicted molar refractivity (Wildman–Crippen MR) is 48.5 cm³/mol. The molecule has 1 rings (SSSR count). The van der Waals surface area contributed by atoms with Crippen molar-refractivity contribution in [2.45, 2.75) is 13.8 Å². The lowest BCUT2D eigenvalue weighted by Crippen LogP contribution is -2.19. The minimum atomic E-state index is 0.147. The van der Waals surface area contributed by atoms with Crippen LogP contribution in [-0.4, -0.2) is 24.4 Å². The Morgan fingerprint density at radius 2 is 2.25 bits per heavy atom. The third-order valence-electron chi connectivity index (χ3n) is 1.89. The summed E-state index contributed by atoms with van der Waals surface area (Å²) in [4.78, 5) is 14.5. The lowest BCUT2D eigenvalue weighted by atomic mass is 10.1. The van der Waals surface area contributed by atoms with Crippen LogP contribution in [0.3, 0.4) is 0 Å². The third kappa shape index (κ3) is 1.56. The molecule has 66 valence electrons. The predicted octanol–water partition coefficient (Wildman–Crippen LogP) is 1.03. The highest BCUT2D eigenvalue weighted by atomic mass is 16.1. The summed E-state index contributed by atoms with van der Waals surface area (Å²) in [5, 5.41) is 2.85. The maximum absolute atomic E-state index is 11.5. The molecule has 0 fully saturated rings. The molecular formula is C9H14N2O. The number of rotatable bonds is 3. The number of aromatic amines is 1. The zero-order valence-corrected chi connectivity index (χ0v) is 7.69. The average Bonchev–Trinajstić information content (AvgIpc) is 2.32. The SMILES string of the molecule is CNCC(=O)c1c(C)c[nH]c1C. The molecule has 1 aromatic rings. The first-order valence-corrected chi connectivity index (χ1v) is 3.99. The molecule has 0 bridgehead atoms. The number of aromatic nitrogens is 1. The van der Waals surface area contributed by atoms with Gasteiger partial charge in [0, 0.05) is 17.5 Å². The van der Waals surface area contributed by atoms with E-state index >= 15 is 0 Å². The Hall–Kier alpha value is -1.09. The quantitative estimate of drug-likeness (QED) is 0.659. The minimum absolute atomic E-state index is 0.147. The van der Waals surface area contributed by atoms with Gasteiger partial charge in [-0.05, 0) is 26.5 Å². The second-order valence-electron chi connectivity index (χ2n) is 2.93. The molecule has 0 radical (unpaired) electrons. The number of Topliss-reactive ketones (excluding diaryl/α,β-unsaturated/α-hetero) is 1. The Bertz CT molecular complexity index is 269. The fourth-order valence-electron chi connectivity index (χ4n) is 1.33. The highest BCUT2D eigenvalue weighted by Gasteiger charge is 2.11. The van der Waals surface area contributed by atoms with Gasteiger partial charge in [-0.25, -0.2) is 0 Å². The number of nitrogens with one attached hydrogen (secondary N) is 2. The Balaban J connectivity index is 2.93. The van der Waals surface area contributed by atoms with Crippen molar-refractivity contribution in [3.8, 4) is 0 Å². The molecule has 3 heteroatoms. The van der Waals surface area contributed by atoms with E-state index in [9.17, 15) is 4.79 Å². The zero-order chi connectivity index (χ0) is 9.14. The molecule has 0 saturated carbocycles. The van der Waals surface area contributed by atoms with E-state index in [2.05, 4.69) is 10.3 Å². The molecule has 1 aromatic heterocycles. The van der Waals surface area contributed by atoms with Crippen molar-refractivity contribution in [3.63, 3.8) is 0 Å². The van der Waals surface area contributed by atoms with Gasteiger partial charge in [0.2, 0.25) is 0 Å².